The Morgan fingerprint density at radius 3 is 1.68 bits per heavy atom. The molecule has 1 radical (unpaired) electrons. The zero-order valence-corrected chi connectivity index (χ0v) is 14.2. The first-order valence-electron chi connectivity index (χ1n) is 8.73. The van der Waals surface area contributed by atoms with E-state index in [0.717, 1.165) is 6.42 Å². The van der Waals surface area contributed by atoms with Crippen LogP contribution in [0.2, 0.25) is 0 Å². The molecule has 1 unspecified atom stereocenters. The minimum atomic E-state index is 0.341. The van der Waals surface area contributed by atoms with Crippen LogP contribution in [0.15, 0.2) is 0 Å². The third-order valence-corrected chi connectivity index (χ3v) is 4.00. The van der Waals surface area contributed by atoms with Crippen LogP contribution in [0.25, 0.3) is 0 Å². The van der Waals surface area contributed by atoms with Crippen molar-refractivity contribution >= 4 is 11.6 Å². The maximum absolute atomic E-state index is 5.91. The molecule has 0 amide bonds. The van der Waals surface area contributed by atoms with Crippen LogP contribution in [0.4, 0.5) is 0 Å². The molecule has 0 spiro atoms. The van der Waals surface area contributed by atoms with Gasteiger partial charge in [0.25, 0.3) is 0 Å². The van der Waals surface area contributed by atoms with Crippen LogP contribution in [0.5, 0.6) is 0 Å². The van der Waals surface area contributed by atoms with Gasteiger partial charge in [-0.25, -0.2) is 0 Å². The topological polar surface area (TPSA) is 0 Å². The quantitative estimate of drug-likeness (QED) is 0.219. The summed E-state index contributed by atoms with van der Waals surface area (Å²) in [4.78, 5) is 0. The number of rotatable bonds is 15. The molecule has 1 heteroatoms. The number of hydrogen-bond acceptors (Lipinski definition) is 0. The van der Waals surface area contributed by atoms with Gasteiger partial charge >= 0.3 is 0 Å². The third-order valence-electron chi connectivity index (χ3n) is 3.78. The Hall–Kier alpha value is 0.290. The fourth-order valence-corrected chi connectivity index (χ4v) is 2.57. The van der Waals surface area contributed by atoms with Crippen molar-refractivity contribution in [3.05, 3.63) is 6.42 Å². The van der Waals surface area contributed by atoms with E-state index in [1.807, 2.05) is 0 Å². The van der Waals surface area contributed by atoms with Gasteiger partial charge in [0.2, 0.25) is 0 Å². The standard InChI is InChI=1S/C18H36Cl/c1-3-4-5-6-7-8-9-10-11-12-13-14-15-16-17-18(2)19/h15,18H,3-14,16-17H2,1-2H3. The lowest BCUT2D eigenvalue weighted by Crippen LogP contribution is -1.90. The fraction of sp³-hybridized carbons (Fsp3) is 0.944. The van der Waals surface area contributed by atoms with E-state index in [0.29, 0.717) is 5.38 Å². The molecule has 0 bridgehead atoms. The summed E-state index contributed by atoms with van der Waals surface area (Å²) in [5.74, 6) is 0. The summed E-state index contributed by atoms with van der Waals surface area (Å²) in [6, 6.07) is 0. The summed E-state index contributed by atoms with van der Waals surface area (Å²) >= 11 is 5.91. The van der Waals surface area contributed by atoms with Crippen molar-refractivity contribution in [2.75, 3.05) is 0 Å². The van der Waals surface area contributed by atoms with Crippen LogP contribution in [-0.2, 0) is 0 Å². The summed E-state index contributed by atoms with van der Waals surface area (Å²) < 4.78 is 0. The molecule has 0 aliphatic carbocycles. The van der Waals surface area contributed by atoms with Crippen molar-refractivity contribution < 1.29 is 0 Å². The largest absolute Gasteiger partial charge is 0.123 e. The maximum atomic E-state index is 5.91. The van der Waals surface area contributed by atoms with Gasteiger partial charge in [-0.05, 0) is 26.2 Å². The van der Waals surface area contributed by atoms with E-state index in [4.69, 9.17) is 11.6 Å². The molecule has 0 aliphatic rings. The third kappa shape index (κ3) is 18.3. The zero-order valence-electron chi connectivity index (χ0n) is 13.4. The van der Waals surface area contributed by atoms with E-state index in [9.17, 15) is 0 Å². The maximum Gasteiger partial charge on any atom is 0.0307 e. The predicted molar refractivity (Wildman–Crippen MR) is 89.9 cm³/mol. The average molecular weight is 288 g/mol. The Morgan fingerprint density at radius 1 is 0.737 bits per heavy atom. The SMILES string of the molecule is CCCCCCCCCCCCC[CH]CCC(C)Cl. The number of halogens is 1. The molecule has 0 nitrogen and oxygen atoms in total. The number of alkyl halides is 1. The predicted octanol–water partition coefficient (Wildman–Crippen LogP) is 7.30. The highest BCUT2D eigenvalue weighted by atomic mass is 35.5. The van der Waals surface area contributed by atoms with Crippen LogP contribution >= 0.6 is 11.6 Å². The Labute approximate surface area is 127 Å². The first-order chi connectivity index (χ1) is 9.27. The van der Waals surface area contributed by atoms with Gasteiger partial charge in [0, 0.05) is 5.38 Å². The van der Waals surface area contributed by atoms with Gasteiger partial charge in [-0.3, -0.25) is 0 Å². The summed E-state index contributed by atoms with van der Waals surface area (Å²) in [5.41, 5.74) is 0. The van der Waals surface area contributed by atoms with Gasteiger partial charge in [-0.1, -0.05) is 84.0 Å². The van der Waals surface area contributed by atoms with Crippen molar-refractivity contribution in [1.29, 1.82) is 0 Å². The van der Waals surface area contributed by atoms with E-state index in [2.05, 4.69) is 20.3 Å². The molecule has 0 aromatic heterocycles. The van der Waals surface area contributed by atoms with Crippen molar-refractivity contribution in [2.24, 2.45) is 0 Å². The Morgan fingerprint density at radius 2 is 1.21 bits per heavy atom. The van der Waals surface area contributed by atoms with Crippen LogP contribution in [-0.4, -0.2) is 5.38 Å². The lowest BCUT2D eigenvalue weighted by atomic mass is 10.0. The molecule has 115 valence electrons. The van der Waals surface area contributed by atoms with Gasteiger partial charge < -0.3 is 0 Å². The number of unbranched alkanes of at least 4 members (excludes halogenated alkanes) is 13. The van der Waals surface area contributed by atoms with Crippen molar-refractivity contribution in [1.82, 2.24) is 0 Å². The van der Waals surface area contributed by atoms with Crippen LogP contribution in [0.3, 0.4) is 0 Å². The van der Waals surface area contributed by atoms with Crippen molar-refractivity contribution in [3.63, 3.8) is 0 Å². The Balaban J connectivity index is 2.91. The lowest BCUT2D eigenvalue weighted by Gasteiger charge is -2.04. The molecule has 19 heavy (non-hydrogen) atoms. The van der Waals surface area contributed by atoms with E-state index in [-0.39, 0.29) is 0 Å². The lowest BCUT2D eigenvalue weighted by molar-refractivity contribution is 0.547. The molecule has 1 atom stereocenters. The molecule has 0 heterocycles. The van der Waals surface area contributed by atoms with Crippen molar-refractivity contribution in [3.8, 4) is 0 Å². The summed E-state index contributed by atoms with van der Waals surface area (Å²) in [6.07, 6.45) is 21.8. The summed E-state index contributed by atoms with van der Waals surface area (Å²) in [5, 5.41) is 0.341. The number of hydrogen-bond donors (Lipinski definition) is 0. The van der Waals surface area contributed by atoms with Crippen LogP contribution in [0.1, 0.15) is 104 Å². The smallest absolute Gasteiger partial charge is 0.0307 e. The second-order valence-corrected chi connectivity index (χ2v) is 6.72. The molecule has 0 N–H and O–H groups in total. The summed E-state index contributed by atoms with van der Waals surface area (Å²) in [6.45, 7) is 4.37. The van der Waals surface area contributed by atoms with E-state index in [1.165, 1.54) is 83.5 Å². The zero-order chi connectivity index (χ0) is 14.2. The monoisotopic (exact) mass is 287 g/mol. The fourth-order valence-electron chi connectivity index (χ4n) is 2.44. The molecule has 0 fully saturated rings. The highest BCUT2D eigenvalue weighted by Crippen LogP contribution is 2.13. The second-order valence-electron chi connectivity index (χ2n) is 5.97. The molecule has 0 saturated heterocycles. The Bertz CT molecular complexity index is 154. The van der Waals surface area contributed by atoms with Gasteiger partial charge in [-0.15, -0.1) is 11.6 Å². The first-order valence-corrected chi connectivity index (χ1v) is 9.16. The minimum Gasteiger partial charge on any atom is -0.123 e. The van der Waals surface area contributed by atoms with Crippen LogP contribution in [0, 0.1) is 6.42 Å². The Kier molecular flexibility index (Phi) is 16.6. The van der Waals surface area contributed by atoms with Crippen LogP contribution < -0.4 is 0 Å². The van der Waals surface area contributed by atoms with Gasteiger partial charge in [0.15, 0.2) is 0 Å². The normalized spacial score (nSPS) is 12.8. The minimum absolute atomic E-state index is 0.341. The molecule has 0 aromatic rings. The molecule has 0 aromatic carbocycles. The van der Waals surface area contributed by atoms with Gasteiger partial charge in [0.1, 0.15) is 0 Å². The van der Waals surface area contributed by atoms with E-state index < -0.39 is 0 Å². The molecule has 0 aliphatic heterocycles. The van der Waals surface area contributed by atoms with E-state index >= 15 is 0 Å². The molecular formula is C18H36Cl. The first kappa shape index (κ1) is 19.3. The van der Waals surface area contributed by atoms with Gasteiger partial charge in [0.05, 0.1) is 0 Å². The highest BCUT2D eigenvalue weighted by Gasteiger charge is 1.96. The van der Waals surface area contributed by atoms with Gasteiger partial charge in [-0.2, -0.15) is 0 Å². The van der Waals surface area contributed by atoms with E-state index in [1.54, 1.807) is 0 Å². The molecule has 0 rings (SSSR count). The molecular weight excluding hydrogens is 252 g/mol. The highest BCUT2D eigenvalue weighted by molar-refractivity contribution is 6.20. The molecule has 0 saturated carbocycles. The summed E-state index contributed by atoms with van der Waals surface area (Å²) in [7, 11) is 0. The second kappa shape index (κ2) is 16.3. The average Bonchev–Trinajstić information content (AvgIpc) is 2.39. The van der Waals surface area contributed by atoms with Crippen molar-refractivity contribution in [2.45, 2.75) is 109 Å².